The van der Waals surface area contributed by atoms with Crippen LogP contribution in [0.15, 0.2) is 49.2 Å². The first kappa shape index (κ1) is 66.7. The number of hydrogen-bond donors (Lipinski definition) is 13. The molecule has 484 valence electrons. The Hall–Kier alpha value is -8.20. The summed E-state index contributed by atoms with van der Waals surface area (Å²) in [7, 11) is 0. The van der Waals surface area contributed by atoms with Crippen molar-refractivity contribution >= 4 is 81.9 Å². The predicted molar refractivity (Wildman–Crippen MR) is 320 cm³/mol. The van der Waals surface area contributed by atoms with Crippen molar-refractivity contribution in [2.45, 2.75) is 150 Å². The second-order valence-corrected chi connectivity index (χ2v) is 23.7. The number of aliphatic hydroxyl groups is 1. The maximum atomic E-state index is 14.8. The molecule has 89 heavy (non-hydrogen) atoms. The number of benzene rings is 1. The van der Waals surface area contributed by atoms with Gasteiger partial charge in [-0.05, 0) is 63.5 Å². The molecule has 14 N–H and O–H groups in total. The number of thioether (sulfide) groups is 1. The molecule has 32 heteroatoms. The number of aliphatic hydroxyl groups excluding tert-OH is 1. The monoisotopic (exact) mass is 1260 g/mol. The predicted octanol–water partition coefficient (Wildman–Crippen LogP) is -3.02. The Bertz CT molecular complexity index is 3070. The maximum Gasteiger partial charge on any atom is 0.315 e. The minimum Gasteiger partial charge on any atom is -0.391 e. The molecule has 4 aliphatic rings. The first-order valence-electron chi connectivity index (χ1n) is 30.1. The summed E-state index contributed by atoms with van der Waals surface area (Å²) in [6.45, 7) is 1.79. The zero-order chi connectivity index (χ0) is 63.2. The fourth-order valence-electron chi connectivity index (χ4n) is 11.1. The number of ether oxygens (including phenoxy) is 3. The van der Waals surface area contributed by atoms with Crippen LogP contribution in [0.5, 0.6) is 0 Å². The number of unbranched alkanes of at least 4 members (excludes halogenated alkanes) is 1. The largest absolute Gasteiger partial charge is 0.391 e. The number of aromatic nitrogens is 6. The Morgan fingerprint density at radius 2 is 1.60 bits per heavy atom. The van der Waals surface area contributed by atoms with Crippen molar-refractivity contribution in [3.8, 4) is 0 Å². The molecule has 4 aliphatic heterocycles. The quantitative estimate of drug-likeness (QED) is 0.0260. The fraction of sp³-hybridized carbons (Fsp3) is 0.596. The Morgan fingerprint density at radius 1 is 0.820 bits per heavy atom. The van der Waals surface area contributed by atoms with E-state index in [9.17, 15) is 53.1 Å². The van der Waals surface area contributed by atoms with Gasteiger partial charge in [0.25, 0.3) is 0 Å². The number of amides is 11. The zero-order valence-corrected chi connectivity index (χ0v) is 50.4. The van der Waals surface area contributed by atoms with Crippen LogP contribution >= 0.6 is 11.8 Å². The van der Waals surface area contributed by atoms with E-state index < -0.39 is 103 Å². The molecule has 0 aliphatic carbocycles. The SMILES string of the molecule is CC(O)[C@@H]1NC(=O)[C@H](Cc2c[nH]c3ccccc23)NC(=O)[C@@H]2CCCN2C(=O)[C@@H](NC(=O)COCCOCCOCCNC(=O)CCCCC2SC[C@H]3NC(=O)N[C@@H]23)Cc2cn(nn2)CCCC[C@@H](C(N)=O)NC(=O)CNC(=O)[C@H](Cc2c[nH]cn2)NC1=O. The third-order valence-electron chi connectivity index (χ3n) is 15.7. The van der Waals surface area contributed by atoms with Gasteiger partial charge in [0.2, 0.25) is 53.2 Å². The summed E-state index contributed by atoms with van der Waals surface area (Å²) in [6, 6.07) is -0.594. The van der Waals surface area contributed by atoms with Crippen molar-refractivity contribution in [2.75, 3.05) is 65.0 Å². The van der Waals surface area contributed by atoms with Crippen LogP contribution < -0.4 is 53.6 Å². The molecule has 0 spiro atoms. The molecule has 11 amide bonds. The third kappa shape index (κ3) is 19.9. The van der Waals surface area contributed by atoms with E-state index in [4.69, 9.17) is 19.9 Å². The van der Waals surface area contributed by atoms with E-state index in [2.05, 4.69) is 73.1 Å². The van der Waals surface area contributed by atoms with Gasteiger partial charge in [0.1, 0.15) is 42.9 Å². The van der Waals surface area contributed by atoms with E-state index in [1.807, 2.05) is 30.0 Å². The second-order valence-electron chi connectivity index (χ2n) is 22.4. The summed E-state index contributed by atoms with van der Waals surface area (Å²) < 4.78 is 18.3. The number of aromatic amines is 2. The molecule has 31 nitrogen and oxygen atoms in total. The lowest BCUT2D eigenvalue weighted by molar-refractivity contribution is -0.142. The minimum absolute atomic E-state index is 0.0166. The molecule has 3 aromatic heterocycles. The molecule has 3 fully saturated rings. The lowest BCUT2D eigenvalue weighted by Crippen LogP contribution is -2.61. The van der Waals surface area contributed by atoms with E-state index in [-0.39, 0.29) is 95.7 Å². The van der Waals surface area contributed by atoms with Crippen LogP contribution in [0, 0.1) is 0 Å². The molecule has 7 heterocycles. The van der Waals surface area contributed by atoms with Crippen molar-refractivity contribution in [3.63, 3.8) is 0 Å². The summed E-state index contributed by atoms with van der Waals surface area (Å²) in [5.74, 6) is -5.47. The lowest BCUT2D eigenvalue weighted by Gasteiger charge is -2.30. The van der Waals surface area contributed by atoms with Gasteiger partial charge in [-0.25, -0.2) is 9.78 Å². The van der Waals surface area contributed by atoms with Gasteiger partial charge >= 0.3 is 6.03 Å². The molecule has 1 aromatic carbocycles. The molecule has 2 bridgehead atoms. The number of hydrogen-bond acceptors (Lipinski definition) is 18. The number of aryl methyl sites for hydroxylation is 1. The molecule has 8 rings (SSSR count). The topological polar surface area (TPSA) is 431 Å². The van der Waals surface area contributed by atoms with Gasteiger partial charge in [-0.15, -0.1) is 5.10 Å². The van der Waals surface area contributed by atoms with Gasteiger partial charge < -0.3 is 87.8 Å². The second kappa shape index (κ2) is 33.4. The summed E-state index contributed by atoms with van der Waals surface area (Å²) >= 11 is 1.85. The number of para-hydroxylation sites is 1. The first-order valence-corrected chi connectivity index (χ1v) is 31.2. The van der Waals surface area contributed by atoms with Crippen molar-refractivity contribution in [1.29, 1.82) is 0 Å². The summed E-state index contributed by atoms with van der Waals surface area (Å²) in [6.07, 6.45) is 8.53. The minimum atomic E-state index is -1.71. The van der Waals surface area contributed by atoms with E-state index in [0.29, 0.717) is 61.0 Å². The molecular weight excluding hydrogens is 1180 g/mol. The average Bonchev–Trinajstić information content (AvgIpc) is 2.07. The first-order chi connectivity index (χ1) is 43.0. The molecule has 10 atom stereocenters. The van der Waals surface area contributed by atoms with E-state index in [0.717, 1.165) is 35.9 Å². The zero-order valence-electron chi connectivity index (χ0n) is 49.6. The van der Waals surface area contributed by atoms with Crippen molar-refractivity contribution in [3.05, 3.63) is 66.1 Å². The standard InChI is InChI=1S/C57H81N17O14S/c1-33(75)49-55(83)67-41(24-35-27-59-32-63-35)52(80)62-28-47(77)64-39(51(58)79)11-6-7-16-73-29-36(71-72-73)25-42(56(84)74-17-8-12-44(74)54(82)66-40(53(81)69-49)23-34-26-61-38-10-3-2-9-37(34)38)65-48(78)30-88-22-21-87-20-19-86-18-15-60-46(76)14-5-4-13-45-50-43(31-89-45)68-57(85)70-50/h2-3,9-10,26-27,29,32-33,39-45,49-50,61,75H,4-8,11-25,28,30-31H2,1H3,(H2,58,79)(H,59,63)(H,60,76)(H,62,80)(H,64,77)(H,65,78)(H,66,82)(H,67,83)(H,69,81)(H2,68,70,85)/t33?,39-,40-,41-,42-,43+,44-,45?,49-,50+/m0/s1. The number of nitrogens with one attached hydrogen (secondary N) is 11. The van der Waals surface area contributed by atoms with E-state index in [1.165, 1.54) is 29.0 Å². The maximum absolute atomic E-state index is 14.8. The summed E-state index contributed by atoms with van der Waals surface area (Å²) in [4.78, 5) is 147. The van der Waals surface area contributed by atoms with E-state index >= 15 is 0 Å². The van der Waals surface area contributed by atoms with Crippen LogP contribution in [-0.4, -0.2) is 224 Å². The van der Waals surface area contributed by atoms with Gasteiger partial charge in [-0.2, -0.15) is 11.8 Å². The van der Waals surface area contributed by atoms with Crippen LogP contribution in [0.25, 0.3) is 10.9 Å². The molecule has 0 saturated carbocycles. The number of carbonyl (C=O) groups is 10. The van der Waals surface area contributed by atoms with E-state index in [1.54, 1.807) is 18.5 Å². The molecule has 2 unspecified atom stereocenters. The number of imidazole rings is 1. The Labute approximate surface area is 517 Å². The van der Waals surface area contributed by atoms with Crippen molar-refractivity contribution in [2.24, 2.45) is 5.73 Å². The van der Waals surface area contributed by atoms with Gasteiger partial charge in [-0.1, -0.05) is 29.8 Å². The van der Waals surface area contributed by atoms with Crippen LogP contribution in [-0.2, 0) is 83.2 Å². The summed E-state index contributed by atoms with van der Waals surface area (Å²) in [5, 5.41) is 45.1. The highest BCUT2D eigenvalue weighted by Crippen LogP contribution is 2.33. The van der Waals surface area contributed by atoms with Crippen LogP contribution in [0.1, 0.15) is 81.7 Å². The Morgan fingerprint density at radius 3 is 2.38 bits per heavy atom. The molecular formula is C57H81N17O14S. The number of nitrogens with zero attached hydrogens (tertiary/aromatic N) is 5. The summed E-state index contributed by atoms with van der Waals surface area (Å²) in [5.41, 5.74) is 7.66. The van der Waals surface area contributed by atoms with Gasteiger partial charge in [0.15, 0.2) is 0 Å². The normalized spacial score (nSPS) is 24.6. The number of nitrogens with two attached hydrogens (primary N) is 1. The third-order valence-corrected chi connectivity index (χ3v) is 17.2. The molecule has 3 saturated heterocycles. The Balaban J connectivity index is 0.887. The number of primary amides is 1. The van der Waals surface area contributed by atoms with Crippen molar-refractivity contribution < 1.29 is 67.3 Å². The highest BCUT2D eigenvalue weighted by molar-refractivity contribution is 8.00. The van der Waals surface area contributed by atoms with Crippen LogP contribution in [0.3, 0.4) is 0 Å². The number of urea groups is 1. The number of carbonyl (C=O) groups excluding carboxylic acids is 10. The van der Waals surface area contributed by atoms with Crippen LogP contribution in [0.4, 0.5) is 4.79 Å². The van der Waals surface area contributed by atoms with Gasteiger partial charge in [0, 0.05) is 85.8 Å². The van der Waals surface area contributed by atoms with Gasteiger partial charge in [-0.3, -0.25) is 47.8 Å². The van der Waals surface area contributed by atoms with Crippen LogP contribution in [0.2, 0.25) is 0 Å². The lowest BCUT2D eigenvalue weighted by atomic mass is 10.0. The molecule has 4 aromatic rings. The highest BCUT2D eigenvalue weighted by atomic mass is 32.2. The number of fused-ring (bicyclic) bond motifs is 5. The smallest absolute Gasteiger partial charge is 0.315 e. The number of rotatable bonds is 23. The molecule has 0 radical (unpaired) electrons. The number of H-pyrrole nitrogens is 2. The van der Waals surface area contributed by atoms with Crippen molar-refractivity contribution in [1.82, 2.24) is 82.7 Å². The highest BCUT2D eigenvalue weighted by Gasteiger charge is 2.43. The Kier molecular flexibility index (Phi) is 25.0. The van der Waals surface area contributed by atoms with Gasteiger partial charge in [0.05, 0.1) is 75.5 Å². The average molecular weight is 1260 g/mol. The fourth-order valence-corrected chi connectivity index (χ4v) is 12.6.